The van der Waals surface area contributed by atoms with Gasteiger partial charge < -0.3 is 30.3 Å². The average Bonchev–Trinajstić information content (AvgIpc) is 3.25. The van der Waals surface area contributed by atoms with Crippen LogP contribution in [-0.2, 0) is 9.53 Å². The number of aliphatic hydroxyl groups excluding tert-OH is 1. The Hall–Kier alpha value is -3.10. The quantitative estimate of drug-likeness (QED) is 0.584. The first-order valence-electron chi connectivity index (χ1n) is 11.6. The number of rotatable bonds is 7. The molecule has 1 aromatic rings. The summed E-state index contributed by atoms with van der Waals surface area (Å²) in [5, 5.41) is 16.4. The third-order valence-corrected chi connectivity index (χ3v) is 6.57. The first-order chi connectivity index (χ1) is 16.0. The maximum Gasteiger partial charge on any atom is 0.264 e. The lowest BCUT2D eigenvalue weighted by Crippen LogP contribution is -2.60. The van der Waals surface area contributed by atoms with E-state index in [0.29, 0.717) is 44.7 Å². The topological polar surface area (TPSA) is 94.1 Å². The Bertz CT molecular complexity index is 973. The lowest BCUT2D eigenvalue weighted by Gasteiger charge is -2.38. The highest BCUT2D eigenvalue weighted by molar-refractivity contribution is 5.95. The first-order valence-corrected chi connectivity index (χ1v) is 11.6. The molecule has 8 heteroatoms. The van der Waals surface area contributed by atoms with Crippen LogP contribution in [0.3, 0.4) is 0 Å². The Morgan fingerprint density at radius 3 is 2.52 bits per heavy atom. The maximum atomic E-state index is 13.3. The fraction of sp³-hybridized carbons (Fsp3) is 0.440. The maximum absolute atomic E-state index is 13.3. The van der Waals surface area contributed by atoms with Gasteiger partial charge in [0.1, 0.15) is 0 Å². The number of nitrogens with zero attached hydrogens (tertiary/aromatic N) is 2. The second-order valence-corrected chi connectivity index (χ2v) is 8.51. The van der Waals surface area contributed by atoms with Crippen LogP contribution in [0, 0.1) is 0 Å². The van der Waals surface area contributed by atoms with Gasteiger partial charge in [-0.05, 0) is 56.5 Å². The highest BCUT2D eigenvalue weighted by Crippen LogP contribution is 2.32. The van der Waals surface area contributed by atoms with Crippen molar-refractivity contribution in [2.45, 2.75) is 38.4 Å². The van der Waals surface area contributed by atoms with Gasteiger partial charge in [0.25, 0.3) is 11.8 Å². The predicted molar refractivity (Wildman–Crippen MR) is 126 cm³/mol. The molecule has 1 aromatic carbocycles. The summed E-state index contributed by atoms with van der Waals surface area (Å²) in [6.45, 7) is 6.16. The molecule has 0 spiro atoms. The molecule has 0 aromatic heterocycles. The van der Waals surface area contributed by atoms with Gasteiger partial charge in [0.05, 0.1) is 23.5 Å². The van der Waals surface area contributed by atoms with Crippen molar-refractivity contribution in [3.8, 4) is 0 Å². The number of nitrogens with one attached hydrogen (secondary N) is 2. The summed E-state index contributed by atoms with van der Waals surface area (Å²) in [7, 11) is 0. The van der Waals surface area contributed by atoms with Crippen molar-refractivity contribution in [3.05, 3.63) is 65.5 Å². The van der Waals surface area contributed by atoms with E-state index in [2.05, 4.69) is 10.6 Å². The van der Waals surface area contributed by atoms with Crippen LogP contribution in [0.25, 0.3) is 5.70 Å². The number of fused-ring (bicyclic) bond motifs is 1. The molecule has 0 aliphatic carbocycles. The van der Waals surface area contributed by atoms with Crippen molar-refractivity contribution in [2.75, 3.05) is 32.9 Å². The molecule has 1 unspecified atom stereocenters. The van der Waals surface area contributed by atoms with Crippen LogP contribution in [0.1, 0.15) is 42.6 Å². The molecule has 3 aliphatic rings. The molecule has 1 saturated heterocycles. The van der Waals surface area contributed by atoms with Gasteiger partial charge in [0, 0.05) is 38.1 Å². The van der Waals surface area contributed by atoms with E-state index in [1.165, 1.54) is 0 Å². The molecule has 2 amide bonds. The van der Waals surface area contributed by atoms with Crippen LogP contribution < -0.4 is 10.6 Å². The molecule has 176 valence electrons. The summed E-state index contributed by atoms with van der Waals surface area (Å²) in [5.41, 5.74) is 2.57. The Labute approximate surface area is 194 Å². The number of carbonyl (C=O) groups excluding carboxylic acids is 2. The first kappa shape index (κ1) is 23.1. The third-order valence-electron chi connectivity index (χ3n) is 6.57. The Morgan fingerprint density at radius 2 is 1.88 bits per heavy atom. The van der Waals surface area contributed by atoms with E-state index in [1.807, 2.05) is 67.4 Å². The van der Waals surface area contributed by atoms with Crippen molar-refractivity contribution in [1.82, 2.24) is 20.4 Å². The van der Waals surface area contributed by atoms with E-state index in [9.17, 15) is 14.7 Å². The summed E-state index contributed by atoms with van der Waals surface area (Å²) >= 11 is 0. The van der Waals surface area contributed by atoms with Crippen molar-refractivity contribution >= 4 is 17.5 Å². The normalized spacial score (nSPS) is 20.9. The highest BCUT2D eigenvalue weighted by atomic mass is 16.5. The SMILES string of the molecule is CCN(CC)C(=O)c1ccc(C2=C3C=CC=CN3C(C(=O)NC3(CO)CCOCC3)N2)cc1. The second-order valence-electron chi connectivity index (χ2n) is 8.51. The van der Waals surface area contributed by atoms with Gasteiger partial charge in [-0.1, -0.05) is 18.2 Å². The third kappa shape index (κ3) is 4.54. The lowest BCUT2D eigenvalue weighted by molar-refractivity contribution is -0.129. The number of amides is 2. The summed E-state index contributed by atoms with van der Waals surface area (Å²) in [4.78, 5) is 29.6. The van der Waals surface area contributed by atoms with Gasteiger partial charge in [0.2, 0.25) is 0 Å². The zero-order valence-electron chi connectivity index (χ0n) is 19.2. The minimum atomic E-state index is -0.665. The summed E-state index contributed by atoms with van der Waals surface area (Å²) < 4.78 is 5.41. The fourth-order valence-corrected chi connectivity index (χ4v) is 4.48. The average molecular weight is 453 g/mol. The smallest absolute Gasteiger partial charge is 0.264 e. The molecule has 0 saturated carbocycles. The summed E-state index contributed by atoms with van der Waals surface area (Å²) in [5.74, 6) is -0.194. The van der Waals surface area contributed by atoms with E-state index >= 15 is 0 Å². The van der Waals surface area contributed by atoms with Crippen LogP contribution in [0.4, 0.5) is 0 Å². The van der Waals surface area contributed by atoms with Crippen LogP contribution in [-0.4, -0.2) is 71.3 Å². The summed E-state index contributed by atoms with van der Waals surface area (Å²) in [6, 6.07) is 7.47. The predicted octanol–water partition coefficient (Wildman–Crippen LogP) is 1.81. The molecule has 0 radical (unpaired) electrons. The van der Waals surface area contributed by atoms with E-state index in [4.69, 9.17) is 4.74 Å². The lowest BCUT2D eigenvalue weighted by atomic mass is 9.91. The number of allylic oxidation sites excluding steroid dienone is 3. The van der Waals surface area contributed by atoms with E-state index in [0.717, 1.165) is 17.0 Å². The van der Waals surface area contributed by atoms with Crippen LogP contribution in [0.15, 0.2) is 54.4 Å². The number of aliphatic hydroxyl groups is 1. The number of hydrogen-bond donors (Lipinski definition) is 3. The zero-order chi connectivity index (χ0) is 23.4. The van der Waals surface area contributed by atoms with Crippen LogP contribution in [0.5, 0.6) is 0 Å². The van der Waals surface area contributed by atoms with E-state index in [-0.39, 0.29) is 18.4 Å². The fourth-order valence-electron chi connectivity index (χ4n) is 4.48. The Kier molecular flexibility index (Phi) is 6.85. The molecule has 3 aliphatic heterocycles. The van der Waals surface area contributed by atoms with Crippen LogP contribution >= 0.6 is 0 Å². The van der Waals surface area contributed by atoms with Crippen molar-refractivity contribution in [3.63, 3.8) is 0 Å². The molecule has 33 heavy (non-hydrogen) atoms. The van der Waals surface area contributed by atoms with E-state index in [1.54, 1.807) is 4.90 Å². The second kappa shape index (κ2) is 9.80. The number of hydrogen-bond acceptors (Lipinski definition) is 6. The van der Waals surface area contributed by atoms with Gasteiger partial charge >= 0.3 is 0 Å². The molecular formula is C25H32N4O4. The zero-order valence-corrected chi connectivity index (χ0v) is 19.2. The molecular weight excluding hydrogens is 420 g/mol. The van der Waals surface area contributed by atoms with Gasteiger partial charge in [0.15, 0.2) is 6.17 Å². The molecule has 3 N–H and O–H groups in total. The molecule has 1 fully saturated rings. The number of benzene rings is 1. The van der Waals surface area contributed by atoms with Crippen molar-refractivity contribution in [1.29, 1.82) is 0 Å². The Morgan fingerprint density at radius 1 is 1.18 bits per heavy atom. The number of carbonyl (C=O) groups is 2. The summed E-state index contributed by atoms with van der Waals surface area (Å²) in [6.07, 6.45) is 8.16. The largest absolute Gasteiger partial charge is 0.394 e. The molecule has 8 nitrogen and oxygen atoms in total. The Balaban J connectivity index is 1.55. The molecule has 4 rings (SSSR count). The monoisotopic (exact) mass is 452 g/mol. The standard InChI is InChI=1S/C25H32N4O4/c1-3-28(4-2)24(32)19-10-8-18(9-11-19)21-20-7-5-6-14-29(20)22(26-21)23(31)27-25(17-30)12-15-33-16-13-25/h5-11,14,22,26,30H,3-4,12-13,15-17H2,1-2H3,(H,27,31). The molecule has 1 atom stereocenters. The molecule has 0 bridgehead atoms. The van der Waals surface area contributed by atoms with Gasteiger partial charge in [-0.3, -0.25) is 9.59 Å². The molecule has 3 heterocycles. The van der Waals surface area contributed by atoms with Gasteiger partial charge in [-0.25, -0.2) is 0 Å². The van der Waals surface area contributed by atoms with Crippen molar-refractivity contribution < 1.29 is 19.4 Å². The number of ether oxygens (including phenoxy) is 1. The van der Waals surface area contributed by atoms with Gasteiger partial charge in [-0.2, -0.15) is 0 Å². The van der Waals surface area contributed by atoms with Crippen LogP contribution in [0.2, 0.25) is 0 Å². The minimum Gasteiger partial charge on any atom is -0.394 e. The highest BCUT2D eigenvalue weighted by Gasteiger charge is 2.40. The van der Waals surface area contributed by atoms with Crippen molar-refractivity contribution in [2.24, 2.45) is 0 Å². The van der Waals surface area contributed by atoms with Gasteiger partial charge in [-0.15, -0.1) is 0 Å². The minimum absolute atomic E-state index is 0.00808. The van der Waals surface area contributed by atoms with E-state index < -0.39 is 11.7 Å².